The average Bonchev–Trinajstić information content (AvgIpc) is 2.57. The molecule has 144 valence electrons. The van der Waals surface area contributed by atoms with Crippen molar-refractivity contribution in [3.63, 3.8) is 0 Å². The maximum absolute atomic E-state index is 12.1. The van der Waals surface area contributed by atoms with Gasteiger partial charge in [0.1, 0.15) is 11.5 Å². The minimum atomic E-state index is -4.80. The molecule has 2 aromatic carbocycles. The van der Waals surface area contributed by atoms with Gasteiger partial charge in [-0.1, -0.05) is 12.1 Å². The SMILES string of the molecule is C[C@@H](OC(=O)Cc1ccc(O)cc1)C(=O)Nc1ccc(OC(F)(F)F)cc1. The summed E-state index contributed by atoms with van der Waals surface area (Å²) in [6.07, 6.45) is -5.99. The van der Waals surface area contributed by atoms with E-state index in [4.69, 9.17) is 4.74 Å². The van der Waals surface area contributed by atoms with E-state index in [9.17, 15) is 27.9 Å². The lowest BCUT2D eigenvalue weighted by Crippen LogP contribution is -2.30. The molecule has 0 fully saturated rings. The van der Waals surface area contributed by atoms with Gasteiger partial charge in [0.15, 0.2) is 6.10 Å². The molecule has 0 aromatic heterocycles. The van der Waals surface area contributed by atoms with Crippen molar-refractivity contribution in [2.24, 2.45) is 0 Å². The summed E-state index contributed by atoms with van der Waals surface area (Å²) >= 11 is 0. The van der Waals surface area contributed by atoms with Gasteiger partial charge in [0.25, 0.3) is 5.91 Å². The molecule has 27 heavy (non-hydrogen) atoms. The predicted molar refractivity (Wildman–Crippen MR) is 89.1 cm³/mol. The first-order valence-electron chi connectivity index (χ1n) is 7.76. The summed E-state index contributed by atoms with van der Waals surface area (Å²) in [5.74, 6) is -1.64. The van der Waals surface area contributed by atoms with E-state index >= 15 is 0 Å². The van der Waals surface area contributed by atoms with Crippen LogP contribution in [0.15, 0.2) is 48.5 Å². The quantitative estimate of drug-likeness (QED) is 0.747. The molecule has 0 aliphatic heterocycles. The third-order valence-corrected chi connectivity index (χ3v) is 3.32. The Bertz CT molecular complexity index is 788. The van der Waals surface area contributed by atoms with E-state index in [1.165, 1.54) is 31.2 Å². The Labute approximate surface area is 152 Å². The Morgan fingerprint density at radius 3 is 2.22 bits per heavy atom. The fourth-order valence-electron chi connectivity index (χ4n) is 2.06. The zero-order valence-corrected chi connectivity index (χ0v) is 14.1. The van der Waals surface area contributed by atoms with Crippen molar-refractivity contribution < 1.29 is 37.3 Å². The molecule has 0 aliphatic rings. The molecule has 2 N–H and O–H groups in total. The summed E-state index contributed by atoms with van der Waals surface area (Å²) in [4.78, 5) is 23.9. The lowest BCUT2D eigenvalue weighted by atomic mass is 10.1. The van der Waals surface area contributed by atoms with Crippen molar-refractivity contribution in [3.8, 4) is 11.5 Å². The molecule has 0 saturated heterocycles. The third-order valence-electron chi connectivity index (χ3n) is 3.32. The van der Waals surface area contributed by atoms with Crippen LogP contribution >= 0.6 is 0 Å². The van der Waals surface area contributed by atoms with Crippen molar-refractivity contribution in [3.05, 3.63) is 54.1 Å². The second-order valence-electron chi connectivity index (χ2n) is 5.54. The summed E-state index contributed by atoms with van der Waals surface area (Å²) in [7, 11) is 0. The minimum Gasteiger partial charge on any atom is -0.508 e. The topological polar surface area (TPSA) is 84.9 Å². The number of anilines is 1. The van der Waals surface area contributed by atoms with Crippen molar-refractivity contribution in [1.29, 1.82) is 0 Å². The highest BCUT2D eigenvalue weighted by molar-refractivity contribution is 5.95. The number of amides is 1. The summed E-state index contributed by atoms with van der Waals surface area (Å²) in [5, 5.41) is 11.6. The molecule has 0 heterocycles. The van der Waals surface area contributed by atoms with E-state index in [1.54, 1.807) is 12.1 Å². The molecule has 9 heteroatoms. The molecule has 0 unspecified atom stereocenters. The number of rotatable bonds is 6. The predicted octanol–water partition coefficient (Wildman–Crippen LogP) is 3.40. The first-order valence-corrected chi connectivity index (χ1v) is 7.76. The summed E-state index contributed by atoms with van der Waals surface area (Å²) in [6, 6.07) is 10.5. The molecule has 2 aromatic rings. The maximum atomic E-state index is 12.1. The minimum absolute atomic E-state index is 0.0616. The number of carbonyl (C=O) groups is 2. The first-order chi connectivity index (χ1) is 12.6. The van der Waals surface area contributed by atoms with Crippen molar-refractivity contribution >= 4 is 17.6 Å². The van der Waals surface area contributed by atoms with Crippen LogP contribution in [-0.4, -0.2) is 29.4 Å². The number of carbonyl (C=O) groups excluding carboxylic acids is 2. The normalized spacial score (nSPS) is 12.1. The van der Waals surface area contributed by atoms with Gasteiger partial charge in [-0.15, -0.1) is 13.2 Å². The Morgan fingerprint density at radius 1 is 1.07 bits per heavy atom. The first kappa shape index (κ1) is 20.1. The number of nitrogens with one attached hydrogen (secondary N) is 1. The number of aromatic hydroxyl groups is 1. The molecule has 0 bridgehead atoms. The monoisotopic (exact) mass is 383 g/mol. The van der Waals surface area contributed by atoms with Gasteiger partial charge < -0.3 is 19.9 Å². The van der Waals surface area contributed by atoms with Crippen LogP contribution in [0.25, 0.3) is 0 Å². The smallest absolute Gasteiger partial charge is 0.508 e. The number of ether oxygens (including phenoxy) is 2. The van der Waals surface area contributed by atoms with E-state index in [1.807, 2.05) is 0 Å². The number of halogens is 3. The lowest BCUT2D eigenvalue weighted by Gasteiger charge is -2.14. The lowest BCUT2D eigenvalue weighted by molar-refractivity contribution is -0.274. The van der Waals surface area contributed by atoms with Crippen LogP contribution in [0.1, 0.15) is 12.5 Å². The van der Waals surface area contributed by atoms with Crippen LogP contribution in [0.5, 0.6) is 11.5 Å². The largest absolute Gasteiger partial charge is 0.573 e. The van der Waals surface area contributed by atoms with Gasteiger partial charge in [0.05, 0.1) is 6.42 Å². The van der Waals surface area contributed by atoms with Crippen molar-refractivity contribution in [2.75, 3.05) is 5.32 Å². The highest BCUT2D eigenvalue weighted by Gasteiger charge is 2.31. The maximum Gasteiger partial charge on any atom is 0.573 e. The fourth-order valence-corrected chi connectivity index (χ4v) is 2.06. The van der Waals surface area contributed by atoms with E-state index in [0.29, 0.717) is 5.56 Å². The number of phenolic OH excluding ortho intramolecular Hbond substituents is 1. The van der Waals surface area contributed by atoms with Gasteiger partial charge >= 0.3 is 12.3 Å². The molecule has 0 aliphatic carbocycles. The standard InChI is InChI=1S/C18H16F3NO5/c1-11(26-16(24)10-12-2-6-14(23)7-3-12)17(25)22-13-4-8-15(9-5-13)27-18(19,20)21/h2-9,11,23H,10H2,1H3,(H,22,25)/t11-/m1/s1. The number of benzene rings is 2. The van der Waals surface area contributed by atoms with E-state index in [0.717, 1.165) is 12.1 Å². The zero-order valence-electron chi connectivity index (χ0n) is 14.1. The molecular weight excluding hydrogens is 367 g/mol. The summed E-state index contributed by atoms with van der Waals surface area (Å²) < 4.78 is 45.1. The van der Waals surface area contributed by atoms with Crippen LogP contribution in [-0.2, 0) is 20.7 Å². The number of hydrogen-bond acceptors (Lipinski definition) is 5. The van der Waals surface area contributed by atoms with Crippen molar-refractivity contribution in [2.45, 2.75) is 25.8 Å². The molecule has 0 saturated carbocycles. The van der Waals surface area contributed by atoms with Crippen LogP contribution in [0.2, 0.25) is 0 Å². The summed E-state index contributed by atoms with van der Waals surface area (Å²) in [6.45, 7) is 1.37. The van der Waals surface area contributed by atoms with Gasteiger partial charge in [-0.25, -0.2) is 0 Å². The third kappa shape index (κ3) is 6.89. The molecule has 2 rings (SSSR count). The molecule has 0 radical (unpaired) electrons. The molecule has 1 atom stereocenters. The average molecular weight is 383 g/mol. The second kappa shape index (κ2) is 8.43. The summed E-state index contributed by atoms with van der Waals surface area (Å²) in [5.41, 5.74) is 0.821. The molecular formula is C18H16F3NO5. The molecule has 1 amide bonds. The van der Waals surface area contributed by atoms with Gasteiger partial charge in [0.2, 0.25) is 0 Å². The number of alkyl halides is 3. The van der Waals surface area contributed by atoms with Gasteiger partial charge in [0, 0.05) is 5.69 Å². The van der Waals surface area contributed by atoms with Gasteiger partial charge in [-0.2, -0.15) is 0 Å². The number of phenols is 1. The highest BCUT2D eigenvalue weighted by atomic mass is 19.4. The number of esters is 1. The van der Waals surface area contributed by atoms with E-state index in [-0.39, 0.29) is 17.9 Å². The molecule has 0 spiro atoms. The Balaban J connectivity index is 1.85. The van der Waals surface area contributed by atoms with E-state index in [2.05, 4.69) is 10.1 Å². The fraction of sp³-hybridized carbons (Fsp3) is 0.222. The van der Waals surface area contributed by atoms with E-state index < -0.39 is 30.1 Å². The van der Waals surface area contributed by atoms with Crippen LogP contribution in [0, 0.1) is 0 Å². The Kier molecular flexibility index (Phi) is 6.27. The van der Waals surface area contributed by atoms with Crippen LogP contribution < -0.4 is 10.1 Å². The van der Waals surface area contributed by atoms with Crippen molar-refractivity contribution in [1.82, 2.24) is 0 Å². The van der Waals surface area contributed by atoms with Crippen LogP contribution in [0.3, 0.4) is 0 Å². The molecule has 6 nitrogen and oxygen atoms in total. The number of hydrogen-bond donors (Lipinski definition) is 2. The Morgan fingerprint density at radius 2 is 1.67 bits per heavy atom. The van der Waals surface area contributed by atoms with Gasteiger partial charge in [-0.3, -0.25) is 9.59 Å². The Hall–Kier alpha value is -3.23. The second-order valence-corrected chi connectivity index (χ2v) is 5.54. The highest BCUT2D eigenvalue weighted by Crippen LogP contribution is 2.24. The van der Waals surface area contributed by atoms with Crippen LogP contribution in [0.4, 0.5) is 18.9 Å². The van der Waals surface area contributed by atoms with Gasteiger partial charge in [-0.05, 0) is 48.9 Å². The zero-order chi connectivity index (χ0) is 20.0.